The summed E-state index contributed by atoms with van der Waals surface area (Å²) in [5, 5.41) is 5.31. The number of benzene rings is 1. The molecule has 2 fully saturated rings. The summed E-state index contributed by atoms with van der Waals surface area (Å²) in [5.74, 6) is 0.700. The van der Waals surface area contributed by atoms with Gasteiger partial charge in [-0.15, -0.1) is 0 Å². The Morgan fingerprint density at radius 2 is 1.84 bits per heavy atom. The van der Waals surface area contributed by atoms with E-state index in [0.29, 0.717) is 12.0 Å². The lowest BCUT2D eigenvalue weighted by Crippen LogP contribution is -2.38. The van der Waals surface area contributed by atoms with Gasteiger partial charge in [0, 0.05) is 35.1 Å². The number of H-pyrrole nitrogens is 1. The smallest absolute Gasteiger partial charge is 0.0456 e. The monoisotopic (exact) mass is 254 g/mol. The van der Waals surface area contributed by atoms with Crippen LogP contribution in [-0.2, 0) is 0 Å². The highest BCUT2D eigenvalue weighted by Gasteiger charge is 2.32. The Bertz CT molecular complexity index is 567. The van der Waals surface area contributed by atoms with E-state index in [1.807, 2.05) is 0 Å². The fourth-order valence-corrected chi connectivity index (χ4v) is 3.66. The van der Waals surface area contributed by atoms with Gasteiger partial charge in [-0.25, -0.2) is 0 Å². The van der Waals surface area contributed by atoms with Crippen molar-refractivity contribution in [1.82, 2.24) is 10.3 Å². The van der Waals surface area contributed by atoms with Crippen LogP contribution in [0, 0.1) is 0 Å². The van der Waals surface area contributed by atoms with Gasteiger partial charge in [0.05, 0.1) is 0 Å². The van der Waals surface area contributed by atoms with Gasteiger partial charge >= 0.3 is 0 Å². The van der Waals surface area contributed by atoms with Crippen LogP contribution in [0.15, 0.2) is 30.5 Å². The van der Waals surface area contributed by atoms with E-state index in [9.17, 15) is 0 Å². The summed E-state index contributed by atoms with van der Waals surface area (Å²) in [6.45, 7) is 0. The van der Waals surface area contributed by atoms with Gasteiger partial charge in [-0.1, -0.05) is 31.0 Å². The first-order valence-electron chi connectivity index (χ1n) is 7.74. The van der Waals surface area contributed by atoms with Crippen LogP contribution >= 0.6 is 0 Å². The number of aromatic nitrogens is 1. The molecule has 2 aliphatic rings. The molecule has 0 amide bonds. The zero-order chi connectivity index (χ0) is 12.7. The normalized spacial score (nSPS) is 27.8. The van der Waals surface area contributed by atoms with Crippen molar-refractivity contribution in [3.63, 3.8) is 0 Å². The molecule has 0 unspecified atom stereocenters. The van der Waals surface area contributed by atoms with Gasteiger partial charge in [0.1, 0.15) is 0 Å². The number of rotatable bonds is 3. The third kappa shape index (κ3) is 2.18. The summed E-state index contributed by atoms with van der Waals surface area (Å²) in [6.07, 6.45) is 10.5. The van der Waals surface area contributed by atoms with Gasteiger partial charge in [0.15, 0.2) is 0 Å². The Morgan fingerprint density at radius 3 is 2.74 bits per heavy atom. The number of aromatic amines is 1. The van der Waals surface area contributed by atoms with Gasteiger partial charge in [0.2, 0.25) is 0 Å². The predicted octanol–water partition coefficient (Wildman–Crippen LogP) is 3.95. The van der Waals surface area contributed by atoms with Crippen molar-refractivity contribution in [3.8, 4) is 0 Å². The average Bonchev–Trinajstić information content (AvgIpc) is 3.17. The Hall–Kier alpha value is -1.28. The van der Waals surface area contributed by atoms with E-state index in [-0.39, 0.29) is 0 Å². The topological polar surface area (TPSA) is 27.8 Å². The van der Waals surface area contributed by atoms with E-state index < -0.39 is 0 Å². The van der Waals surface area contributed by atoms with E-state index >= 15 is 0 Å². The average molecular weight is 254 g/mol. The highest BCUT2D eigenvalue weighted by atomic mass is 15.0. The van der Waals surface area contributed by atoms with E-state index in [1.54, 1.807) is 0 Å². The molecule has 2 N–H and O–H groups in total. The minimum Gasteiger partial charge on any atom is -0.361 e. The SMILES string of the molecule is c1ccc2c([C@@H]3CCCC[C@H]3NC3CC3)c[nH]c2c1. The van der Waals surface area contributed by atoms with Crippen molar-refractivity contribution in [2.45, 2.75) is 56.5 Å². The molecule has 0 saturated heterocycles. The zero-order valence-electron chi connectivity index (χ0n) is 11.4. The summed E-state index contributed by atoms with van der Waals surface area (Å²) in [5.41, 5.74) is 2.82. The maximum Gasteiger partial charge on any atom is 0.0456 e. The molecular formula is C17H22N2. The summed E-state index contributed by atoms with van der Waals surface area (Å²) in [4.78, 5) is 3.45. The van der Waals surface area contributed by atoms with Crippen molar-refractivity contribution in [2.75, 3.05) is 0 Å². The van der Waals surface area contributed by atoms with Gasteiger partial charge in [0.25, 0.3) is 0 Å². The molecule has 100 valence electrons. The van der Waals surface area contributed by atoms with Crippen LogP contribution in [0.5, 0.6) is 0 Å². The standard InChI is InChI=1S/C17H22N2/c1-3-7-16-13(5-1)15(11-18-16)14-6-2-4-8-17(14)19-12-9-10-12/h1,3,5,7,11-12,14,17-19H,2,4,6,8-10H2/t14-,17+/m0/s1. The Labute approximate surface area is 114 Å². The summed E-state index contributed by atoms with van der Waals surface area (Å²) < 4.78 is 0. The van der Waals surface area contributed by atoms with Crippen LogP contribution in [0.25, 0.3) is 10.9 Å². The lowest BCUT2D eigenvalue weighted by molar-refractivity contribution is 0.327. The molecule has 0 radical (unpaired) electrons. The molecule has 2 saturated carbocycles. The number of para-hydroxylation sites is 1. The molecule has 0 aliphatic heterocycles. The maximum absolute atomic E-state index is 3.88. The predicted molar refractivity (Wildman–Crippen MR) is 79.5 cm³/mol. The molecule has 19 heavy (non-hydrogen) atoms. The maximum atomic E-state index is 3.88. The van der Waals surface area contributed by atoms with Gasteiger partial charge in [-0.05, 0) is 37.3 Å². The minimum atomic E-state index is 0.695. The van der Waals surface area contributed by atoms with Gasteiger partial charge in [-0.3, -0.25) is 0 Å². The van der Waals surface area contributed by atoms with Gasteiger partial charge in [-0.2, -0.15) is 0 Å². The molecule has 2 nitrogen and oxygen atoms in total. The number of hydrogen-bond donors (Lipinski definition) is 2. The fraction of sp³-hybridized carbons (Fsp3) is 0.529. The van der Waals surface area contributed by atoms with Crippen molar-refractivity contribution >= 4 is 10.9 Å². The second-order valence-corrected chi connectivity index (χ2v) is 6.23. The van der Waals surface area contributed by atoms with Crippen LogP contribution in [0.2, 0.25) is 0 Å². The van der Waals surface area contributed by atoms with Crippen molar-refractivity contribution in [3.05, 3.63) is 36.0 Å². The quantitative estimate of drug-likeness (QED) is 0.853. The summed E-state index contributed by atoms with van der Waals surface area (Å²) in [6, 6.07) is 10.2. The molecule has 1 heterocycles. The minimum absolute atomic E-state index is 0.695. The van der Waals surface area contributed by atoms with Crippen LogP contribution in [-0.4, -0.2) is 17.1 Å². The first kappa shape index (κ1) is 11.5. The first-order valence-corrected chi connectivity index (χ1v) is 7.74. The second-order valence-electron chi connectivity index (χ2n) is 6.23. The molecule has 2 heteroatoms. The van der Waals surface area contributed by atoms with E-state index in [0.717, 1.165) is 6.04 Å². The Morgan fingerprint density at radius 1 is 1.00 bits per heavy atom. The van der Waals surface area contributed by atoms with Crippen molar-refractivity contribution < 1.29 is 0 Å². The van der Waals surface area contributed by atoms with Crippen LogP contribution in [0.1, 0.15) is 50.0 Å². The zero-order valence-corrected chi connectivity index (χ0v) is 11.4. The molecule has 0 bridgehead atoms. The van der Waals surface area contributed by atoms with E-state index in [1.165, 1.54) is 55.0 Å². The Balaban J connectivity index is 1.67. The van der Waals surface area contributed by atoms with Gasteiger partial charge < -0.3 is 10.3 Å². The number of fused-ring (bicyclic) bond motifs is 1. The largest absolute Gasteiger partial charge is 0.361 e. The molecule has 2 aliphatic carbocycles. The highest BCUT2D eigenvalue weighted by Crippen LogP contribution is 2.38. The molecule has 1 aromatic heterocycles. The molecular weight excluding hydrogens is 232 g/mol. The van der Waals surface area contributed by atoms with E-state index in [4.69, 9.17) is 0 Å². The summed E-state index contributed by atoms with van der Waals surface area (Å²) in [7, 11) is 0. The van der Waals surface area contributed by atoms with Crippen LogP contribution in [0.3, 0.4) is 0 Å². The molecule has 0 spiro atoms. The van der Waals surface area contributed by atoms with Crippen LogP contribution < -0.4 is 5.32 Å². The molecule has 2 aromatic rings. The third-order valence-corrected chi connectivity index (χ3v) is 4.81. The number of hydrogen-bond acceptors (Lipinski definition) is 1. The Kier molecular flexibility index (Phi) is 2.84. The first-order chi connectivity index (χ1) is 9.42. The third-order valence-electron chi connectivity index (χ3n) is 4.81. The molecule has 4 rings (SSSR count). The lowest BCUT2D eigenvalue weighted by atomic mass is 9.80. The summed E-state index contributed by atoms with van der Waals surface area (Å²) >= 11 is 0. The second kappa shape index (κ2) is 4.68. The number of nitrogens with one attached hydrogen (secondary N) is 2. The lowest BCUT2D eigenvalue weighted by Gasteiger charge is -2.32. The highest BCUT2D eigenvalue weighted by molar-refractivity contribution is 5.83. The molecule has 2 atom stereocenters. The molecule has 1 aromatic carbocycles. The van der Waals surface area contributed by atoms with Crippen molar-refractivity contribution in [2.24, 2.45) is 0 Å². The fourth-order valence-electron chi connectivity index (χ4n) is 3.66. The van der Waals surface area contributed by atoms with Crippen LogP contribution in [0.4, 0.5) is 0 Å². The van der Waals surface area contributed by atoms with E-state index in [2.05, 4.69) is 40.8 Å². The van der Waals surface area contributed by atoms with Crippen molar-refractivity contribution in [1.29, 1.82) is 0 Å².